The van der Waals surface area contributed by atoms with E-state index in [1.165, 1.54) is 12.0 Å². The second-order valence-corrected chi connectivity index (χ2v) is 9.45. The lowest BCUT2D eigenvalue weighted by atomic mass is 10.0. The monoisotopic (exact) mass is 523 g/mol. The Kier molecular flexibility index (Phi) is 7.92. The first kappa shape index (κ1) is 26.0. The number of hydrogen-bond acceptors (Lipinski definition) is 8. The lowest BCUT2D eigenvalue weighted by molar-refractivity contribution is -0.123. The van der Waals surface area contributed by atoms with Crippen molar-refractivity contribution in [1.82, 2.24) is 9.69 Å². The van der Waals surface area contributed by atoms with Crippen LogP contribution >= 0.6 is 11.5 Å². The van der Waals surface area contributed by atoms with E-state index in [0.717, 1.165) is 37.2 Å². The first-order valence-corrected chi connectivity index (χ1v) is 12.6. The minimum Gasteiger partial charge on any atom is -0.497 e. The molecule has 5 N–H and O–H groups in total. The summed E-state index contributed by atoms with van der Waals surface area (Å²) in [5.41, 5.74) is 12.2. The number of anilines is 2. The number of nitrogens with zero attached hydrogens (tertiary/aromatic N) is 2. The molecule has 37 heavy (non-hydrogen) atoms. The molecule has 10 nitrogen and oxygen atoms in total. The van der Waals surface area contributed by atoms with E-state index < -0.39 is 17.9 Å². The van der Waals surface area contributed by atoms with E-state index >= 15 is 0 Å². The summed E-state index contributed by atoms with van der Waals surface area (Å²) in [7, 11) is 3.06. The highest BCUT2D eigenvalue weighted by molar-refractivity contribution is 7.09. The summed E-state index contributed by atoms with van der Waals surface area (Å²) in [4.78, 5) is 41.1. The van der Waals surface area contributed by atoms with Gasteiger partial charge in [0.05, 0.1) is 19.9 Å². The first-order chi connectivity index (χ1) is 17.8. The number of primary amides is 1. The van der Waals surface area contributed by atoms with Crippen molar-refractivity contribution in [2.45, 2.75) is 37.8 Å². The molecule has 0 bridgehead atoms. The number of nitrogen functional groups attached to an aromatic ring is 1. The average Bonchev–Trinajstić information content (AvgIpc) is 3.56. The van der Waals surface area contributed by atoms with Gasteiger partial charge >= 0.3 is 0 Å². The zero-order valence-electron chi connectivity index (χ0n) is 20.6. The molecule has 1 aromatic heterocycles. The number of benzene rings is 2. The summed E-state index contributed by atoms with van der Waals surface area (Å²) in [5, 5.41) is 3.12. The molecule has 3 aromatic rings. The Hall–Kier alpha value is -4.12. The van der Waals surface area contributed by atoms with Crippen molar-refractivity contribution in [2.24, 2.45) is 5.73 Å². The van der Waals surface area contributed by atoms with Gasteiger partial charge in [-0.2, -0.15) is 4.37 Å². The molecule has 1 atom stereocenters. The third kappa shape index (κ3) is 5.51. The van der Waals surface area contributed by atoms with Gasteiger partial charge in [0.2, 0.25) is 5.91 Å². The van der Waals surface area contributed by atoms with Crippen molar-refractivity contribution in [3.63, 3.8) is 0 Å². The van der Waals surface area contributed by atoms with Gasteiger partial charge in [-0.15, -0.1) is 0 Å². The Morgan fingerprint density at radius 3 is 2.32 bits per heavy atom. The van der Waals surface area contributed by atoms with E-state index in [1.54, 1.807) is 55.6 Å². The fraction of sp³-hybridized carbons (Fsp3) is 0.308. The number of nitrogens with one attached hydrogen (secondary N) is 1. The van der Waals surface area contributed by atoms with Crippen LogP contribution in [0.1, 0.15) is 57.4 Å². The van der Waals surface area contributed by atoms with E-state index in [1.807, 2.05) is 0 Å². The third-order valence-electron chi connectivity index (χ3n) is 6.35. The van der Waals surface area contributed by atoms with Crippen LogP contribution in [0.25, 0.3) is 0 Å². The van der Waals surface area contributed by atoms with Crippen LogP contribution < -0.4 is 31.2 Å². The summed E-state index contributed by atoms with van der Waals surface area (Å²) in [6.07, 6.45) is 3.81. The Balaban J connectivity index is 1.86. The second-order valence-electron chi connectivity index (χ2n) is 8.68. The number of carbonyl (C=O) groups excluding carboxylic acids is 3. The van der Waals surface area contributed by atoms with Crippen LogP contribution in [0.15, 0.2) is 48.5 Å². The average molecular weight is 524 g/mol. The molecule has 2 aromatic carbocycles. The van der Waals surface area contributed by atoms with E-state index in [2.05, 4.69) is 9.69 Å². The van der Waals surface area contributed by atoms with E-state index in [-0.39, 0.29) is 28.2 Å². The number of nitrogens with two attached hydrogens (primary N) is 2. The molecule has 4 rings (SSSR count). The summed E-state index contributed by atoms with van der Waals surface area (Å²) in [5.74, 6) is -0.679. The second kappa shape index (κ2) is 11.3. The minimum atomic E-state index is -1.07. The Morgan fingerprint density at radius 1 is 1.05 bits per heavy atom. The quantitative estimate of drug-likeness (QED) is 0.389. The molecule has 1 fully saturated rings. The number of rotatable bonds is 9. The lowest BCUT2D eigenvalue weighted by Gasteiger charge is -2.32. The van der Waals surface area contributed by atoms with E-state index in [4.69, 9.17) is 20.9 Å². The largest absolute Gasteiger partial charge is 0.497 e. The van der Waals surface area contributed by atoms with Crippen molar-refractivity contribution >= 4 is 40.6 Å². The fourth-order valence-corrected chi connectivity index (χ4v) is 5.18. The molecule has 1 aliphatic carbocycles. The van der Waals surface area contributed by atoms with Crippen molar-refractivity contribution in [3.05, 3.63) is 64.7 Å². The molecule has 0 radical (unpaired) electrons. The molecular formula is C26H29N5O5S. The standard InChI is InChI=1S/C26H29N5O5S/c1-35-18-12-10-15(11-13-18)22(25(33)29-16-6-3-4-7-16)31(17-8-5-9-19(14-17)36-2)26(34)23-20(27)21(24(28)32)30-37-23/h5,8-14,16,22H,3-4,6-7,27H2,1-2H3,(H2,28,32)(H,29,33)/t22-/m1/s1. The zero-order valence-corrected chi connectivity index (χ0v) is 21.4. The number of amides is 3. The highest BCUT2D eigenvalue weighted by Gasteiger charge is 2.37. The smallest absolute Gasteiger partial charge is 0.273 e. The Labute approximate surface area is 218 Å². The normalized spacial score (nSPS) is 14.1. The molecule has 0 saturated heterocycles. The van der Waals surface area contributed by atoms with E-state index in [0.29, 0.717) is 22.7 Å². The minimum absolute atomic E-state index is 0.00352. The van der Waals surface area contributed by atoms with Crippen molar-refractivity contribution in [3.8, 4) is 11.5 Å². The number of hydrogen-bond donors (Lipinski definition) is 3. The van der Waals surface area contributed by atoms with Gasteiger partial charge in [0.15, 0.2) is 5.69 Å². The topological polar surface area (TPSA) is 150 Å². The van der Waals surface area contributed by atoms with Gasteiger partial charge in [-0.25, -0.2) is 0 Å². The molecule has 0 spiro atoms. The Morgan fingerprint density at radius 2 is 1.73 bits per heavy atom. The number of ether oxygens (including phenoxy) is 2. The zero-order chi connectivity index (χ0) is 26.5. The number of methoxy groups -OCH3 is 2. The van der Waals surface area contributed by atoms with Gasteiger partial charge in [0, 0.05) is 17.8 Å². The Bertz CT molecular complexity index is 1290. The molecule has 0 aliphatic heterocycles. The molecule has 1 heterocycles. The fourth-order valence-electron chi connectivity index (χ4n) is 4.44. The maximum atomic E-state index is 14.1. The summed E-state index contributed by atoms with van der Waals surface area (Å²) < 4.78 is 14.7. The molecule has 1 saturated carbocycles. The van der Waals surface area contributed by atoms with Crippen LogP contribution in [0.4, 0.5) is 11.4 Å². The molecule has 1 aliphatic rings. The maximum Gasteiger partial charge on any atom is 0.273 e. The van der Waals surface area contributed by atoms with Gasteiger partial charge in [0.1, 0.15) is 22.4 Å². The third-order valence-corrected chi connectivity index (χ3v) is 7.20. The molecular weight excluding hydrogens is 494 g/mol. The predicted molar refractivity (Wildman–Crippen MR) is 141 cm³/mol. The first-order valence-electron chi connectivity index (χ1n) is 11.8. The molecule has 3 amide bonds. The van der Waals surface area contributed by atoms with Crippen LogP contribution in [-0.4, -0.2) is 42.4 Å². The number of aromatic nitrogens is 1. The molecule has 11 heteroatoms. The molecule has 194 valence electrons. The van der Waals surface area contributed by atoms with Crippen LogP contribution in [-0.2, 0) is 4.79 Å². The van der Waals surface area contributed by atoms with Crippen LogP contribution in [0.2, 0.25) is 0 Å². The van der Waals surface area contributed by atoms with Crippen LogP contribution in [0.5, 0.6) is 11.5 Å². The molecule has 0 unspecified atom stereocenters. The maximum absolute atomic E-state index is 14.1. The highest BCUT2D eigenvalue weighted by atomic mass is 32.1. The SMILES string of the molecule is COc1ccc([C@H](C(=O)NC2CCCC2)N(C(=O)c2snc(C(N)=O)c2N)c2cccc(OC)c2)cc1. The van der Waals surface area contributed by atoms with Gasteiger partial charge in [-0.3, -0.25) is 19.3 Å². The highest BCUT2D eigenvalue weighted by Crippen LogP contribution is 2.35. The van der Waals surface area contributed by atoms with Crippen molar-refractivity contribution in [2.75, 3.05) is 24.9 Å². The van der Waals surface area contributed by atoms with Crippen LogP contribution in [0, 0.1) is 0 Å². The van der Waals surface area contributed by atoms with Crippen molar-refractivity contribution in [1.29, 1.82) is 0 Å². The predicted octanol–water partition coefficient (Wildman–Crippen LogP) is 3.29. The lowest BCUT2D eigenvalue weighted by Crippen LogP contribution is -2.46. The van der Waals surface area contributed by atoms with Crippen molar-refractivity contribution < 1.29 is 23.9 Å². The van der Waals surface area contributed by atoms with E-state index in [9.17, 15) is 14.4 Å². The number of carbonyl (C=O) groups is 3. The van der Waals surface area contributed by atoms with Gasteiger partial charge in [0.25, 0.3) is 11.8 Å². The summed E-state index contributed by atoms with van der Waals surface area (Å²) in [6, 6.07) is 12.7. The van der Waals surface area contributed by atoms with Crippen LogP contribution in [0.3, 0.4) is 0 Å². The van der Waals surface area contributed by atoms with Gasteiger partial charge in [-0.05, 0) is 54.2 Å². The van der Waals surface area contributed by atoms with Gasteiger partial charge < -0.3 is 26.3 Å². The van der Waals surface area contributed by atoms with Gasteiger partial charge in [-0.1, -0.05) is 31.0 Å². The summed E-state index contributed by atoms with van der Waals surface area (Å²) in [6.45, 7) is 0. The summed E-state index contributed by atoms with van der Waals surface area (Å²) >= 11 is 0.759.